The normalized spacial score (nSPS) is 17.5. The van der Waals surface area contributed by atoms with Crippen molar-refractivity contribution in [2.45, 2.75) is 12.5 Å². The van der Waals surface area contributed by atoms with E-state index in [0.29, 0.717) is 0 Å². The molecular weight excluding hydrogens is 195 g/mol. The standard InChI is InChI=1S/C4H6BrClO2/c1-4(8,2-5)3(6)7/h8H,2H2,1H3/t4-/m0/s1. The van der Waals surface area contributed by atoms with Crippen LogP contribution in [0.4, 0.5) is 0 Å². The number of hydrogen-bond donors (Lipinski definition) is 1. The first-order valence-corrected chi connectivity index (χ1v) is 3.49. The van der Waals surface area contributed by atoms with Crippen LogP contribution in [0.5, 0.6) is 0 Å². The van der Waals surface area contributed by atoms with Gasteiger partial charge in [-0.15, -0.1) is 0 Å². The Labute approximate surface area is 61.0 Å². The predicted octanol–water partition coefficient (Wildman–Crippen LogP) is 0.898. The lowest BCUT2D eigenvalue weighted by molar-refractivity contribution is -0.124. The van der Waals surface area contributed by atoms with Crippen LogP contribution in [0.3, 0.4) is 0 Å². The van der Waals surface area contributed by atoms with Gasteiger partial charge in [0.25, 0.3) is 5.24 Å². The highest BCUT2D eigenvalue weighted by atomic mass is 79.9. The molecule has 0 aromatic heterocycles. The van der Waals surface area contributed by atoms with Gasteiger partial charge in [0.05, 0.1) is 0 Å². The number of rotatable bonds is 2. The Kier molecular flexibility index (Phi) is 2.94. The highest BCUT2D eigenvalue weighted by Gasteiger charge is 2.26. The minimum absolute atomic E-state index is 0.169. The summed E-state index contributed by atoms with van der Waals surface area (Å²) in [6, 6.07) is 0. The van der Waals surface area contributed by atoms with Crippen LogP contribution in [-0.2, 0) is 4.79 Å². The Bertz CT molecular complexity index is 102. The molecule has 0 radical (unpaired) electrons. The summed E-state index contributed by atoms with van der Waals surface area (Å²) >= 11 is 7.87. The summed E-state index contributed by atoms with van der Waals surface area (Å²) in [5, 5.41) is 8.30. The lowest BCUT2D eigenvalue weighted by Gasteiger charge is -2.12. The molecule has 48 valence electrons. The molecule has 0 heterocycles. The Morgan fingerprint density at radius 1 is 2.00 bits per heavy atom. The summed E-state index contributed by atoms with van der Waals surface area (Å²) in [4.78, 5) is 10.2. The van der Waals surface area contributed by atoms with Gasteiger partial charge in [-0.1, -0.05) is 15.9 Å². The van der Waals surface area contributed by atoms with Crippen LogP contribution in [0.2, 0.25) is 0 Å². The van der Waals surface area contributed by atoms with Crippen LogP contribution >= 0.6 is 27.5 Å². The fourth-order valence-corrected chi connectivity index (χ4v) is 0.535. The lowest BCUT2D eigenvalue weighted by atomic mass is 10.2. The molecule has 0 bridgehead atoms. The monoisotopic (exact) mass is 200 g/mol. The van der Waals surface area contributed by atoms with Crippen LogP contribution in [0, 0.1) is 0 Å². The molecular formula is C4H6BrClO2. The molecule has 0 fully saturated rings. The Hall–Kier alpha value is 0.400. The molecule has 1 atom stereocenters. The molecule has 0 saturated carbocycles. The van der Waals surface area contributed by atoms with E-state index in [2.05, 4.69) is 15.9 Å². The summed E-state index contributed by atoms with van der Waals surface area (Å²) in [5.74, 6) is 0. The van der Waals surface area contributed by atoms with Crippen molar-refractivity contribution >= 4 is 32.8 Å². The molecule has 4 heteroatoms. The zero-order valence-electron chi connectivity index (χ0n) is 4.32. The SMILES string of the molecule is C[C@](O)(CBr)C(=O)Cl. The summed E-state index contributed by atoms with van der Waals surface area (Å²) in [6.45, 7) is 1.34. The summed E-state index contributed by atoms with van der Waals surface area (Å²) in [7, 11) is 0. The van der Waals surface area contributed by atoms with Gasteiger partial charge in [-0.25, -0.2) is 0 Å². The van der Waals surface area contributed by atoms with Crippen LogP contribution in [0.25, 0.3) is 0 Å². The number of hydrogen-bond acceptors (Lipinski definition) is 2. The van der Waals surface area contributed by atoms with Crippen molar-refractivity contribution in [2.75, 3.05) is 5.33 Å². The molecule has 0 rings (SSSR count). The molecule has 0 aromatic carbocycles. The maximum absolute atomic E-state index is 10.2. The third-order valence-corrected chi connectivity index (χ3v) is 2.18. The van der Waals surface area contributed by atoms with E-state index in [1.165, 1.54) is 6.92 Å². The summed E-state index contributed by atoms with van der Waals surface area (Å²) in [6.07, 6.45) is 0. The van der Waals surface area contributed by atoms with Crippen LogP contribution in [0.1, 0.15) is 6.92 Å². The van der Waals surface area contributed by atoms with Gasteiger partial charge in [-0.05, 0) is 18.5 Å². The van der Waals surface area contributed by atoms with Crippen molar-refractivity contribution in [1.82, 2.24) is 0 Å². The maximum Gasteiger partial charge on any atom is 0.253 e. The van der Waals surface area contributed by atoms with Crippen molar-refractivity contribution in [2.24, 2.45) is 0 Å². The van der Waals surface area contributed by atoms with Gasteiger partial charge < -0.3 is 5.11 Å². The maximum atomic E-state index is 10.2. The quantitative estimate of drug-likeness (QED) is 0.532. The molecule has 0 aliphatic rings. The van der Waals surface area contributed by atoms with Crippen molar-refractivity contribution in [3.05, 3.63) is 0 Å². The van der Waals surface area contributed by atoms with E-state index in [9.17, 15) is 4.79 Å². The molecule has 8 heavy (non-hydrogen) atoms. The van der Waals surface area contributed by atoms with Gasteiger partial charge in [0.1, 0.15) is 5.60 Å². The van der Waals surface area contributed by atoms with Crippen LogP contribution in [0.15, 0.2) is 0 Å². The van der Waals surface area contributed by atoms with Crippen LogP contribution < -0.4 is 0 Å². The van der Waals surface area contributed by atoms with Crippen molar-refractivity contribution in [3.63, 3.8) is 0 Å². The van der Waals surface area contributed by atoms with Crippen molar-refractivity contribution < 1.29 is 9.90 Å². The molecule has 2 nitrogen and oxygen atoms in total. The highest BCUT2D eigenvalue weighted by Crippen LogP contribution is 2.10. The highest BCUT2D eigenvalue weighted by molar-refractivity contribution is 9.09. The van der Waals surface area contributed by atoms with Gasteiger partial charge in [-0.2, -0.15) is 0 Å². The molecule has 0 aliphatic heterocycles. The van der Waals surface area contributed by atoms with Gasteiger partial charge in [0, 0.05) is 5.33 Å². The number of carbonyl (C=O) groups is 1. The fourth-order valence-electron chi connectivity index (χ4n) is 0.0525. The van der Waals surface area contributed by atoms with Gasteiger partial charge in [-0.3, -0.25) is 4.79 Å². The Morgan fingerprint density at radius 2 is 2.38 bits per heavy atom. The summed E-state index contributed by atoms with van der Waals surface area (Å²) < 4.78 is 0. The zero-order chi connectivity index (χ0) is 6.78. The first-order valence-electron chi connectivity index (χ1n) is 1.99. The smallest absolute Gasteiger partial charge is 0.253 e. The lowest BCUT2D eigenvalue weighted by Crippen LogP contribution is -2.33. The van der Waals surface area contributed by atoms with E-state index in [1.807, 2.05) is 0 Å². The first-order chi connectivity index (χ1) is 3.50. The van der Waals surface area contributed by atoms with E-state index >= 15 is 0 Å². The first kappa shape index (κ1) is 8.40. The predicted molar refractivity (Wildman–Crippen MR) is 35.3 cm³/mol. The number of carbonyl (C=O) groups excluding carboxylic acids is 1. The third-order valence-electron chi connectivity index (χ3n) is 0.684. The van der Waals surface area contributed by atoms with Crippen molar-refractivity contribution in [3.8, 4) is 0 Å². The molecule has 1 N–H and O–H groups in total. The van der Waals surface area contributed by atoms with E-state index in [4.69, 9.17) is 16.7 Å². The summed E-state index contributed by atoms with van der Waals surface area (Å²) in [5.41, 5.74) is -1.42. The van der Waals surface area contributed by atoms with E-state index in [0.717, 1.165) is 0 Å². The van der Waals surface area contributed by atoms with Crippen LogP contribution in [-0.4, -0.2) is 21.3 Å². The van der Waals surface area contributed by atoms with Gasteiger partial charge in [0.2, 0.25) is 0 Å². The molecule has 0 amide bonds. The van der Waals surface area contributed by atoms with Crippen molar-refractivity contribution in [1.29, 1.82) is 0 Å². The molecule has 0 aromatic rings. The number of halogens is 2. The Morgan fingerprint density at radius 3 is 2.38 bits per heavy atom. The second-order valence-corrected chi connectivity index (χ2v) is 2.59. The van der Waals surface area contributed by atoms with E-state index in [1.54, 1.807) is 0 Å². The minimum Gasteiger partial charge on any atom is -0.380 e. The minimum atomic E-state index is -1.42. The second kappa shape index (κ2) is 2.80. The second-order valence-electron chi connectivity index (χ2n) is 1.68. The van der Waals surface area contributed by atoms with E-state index in [-0.39, 0.29) is 5.33 Å². The molecule has 0 aliphatic carbocycles. The van der Waals surface area contributed by atoms with E-state index < -0.39 is 10.8 Å². The zero-order valence-corrected chi connectivity index (χ0v) is 6.66. The molecule has 0 saturated heterocycles. The topological polar surface area (TPSA) is 37.3 Å². The molecule has 0 spiro atoms. The van der Waals surface area contributed by atoms with Gasteiger partial charge >= 0.3 is 0 Å². The fraction of sp³-hybridized carbons (Fsp3) is 0.750. The Balaban J connectivity index is 3.91. The number of alkyl halides is 1. The molecule has 0 unspecified atom stereocenters. The average Bonchev–Trinajstić information content (AvgIpc) is 1.67. The average molecular weight is 201 g/mol. The largest absolute Gasteiger partial charge is 0.380 e. The number of aliphatic hydroxyl groups is 1. The third kappa shape index (κ3) is 2.11. The van der Waals surface area contributed by atoms with Gasteiger partial charge in [0.15, 0.2) is 0 Å².